The summed E-state index contributed by atoms with van der Waals surface area (Å²) in [5.41, 5.74) is 5.17. The van der Waals surface area contributed by atoms with Crippen LogP contribution in [0.2, 0.25) is 0 Å². The van der Waals surface area contributed by atoms with E-state index in [0.29, 0.717) is 38.3 Å². The average Bonchev–Trinajstić information content (AvgIpc) is 3.72. The minimum absolute atomic E-state index is 0.201. The van der Waals surface area contributed by atoms with Gasteiger partial charge in [0.15, 0.2) is 0 Å². The third-order valence-corrected chi connectivity index (χ3v) is 14.8. The van der Waals surface area contributed by atoms with Crippen molar-refractivity contribution in [2.45, 2.75) is 61.7 Å². The normalized spacial score (nSPS) is 24.2. The second-order valence-corrected chi connectivity index (χ2v) is 17.8. The van der Waals surface area contributed by atoms with Crippen molar-refractivity contribution in [3.05, 3.63) is 53.1 Å². The first-order valence-corrected chi connectivity index (χ1v) is 19.0. The van der Waals surface area contributed by atoms with Gasteiger partial charge in [-0.05, 0) is 73.7 Å². The van der Waals surface area contributed by atoms with Crippen LogP contribution in [0.25, 0.3) is 22.2 Å². The Bertz CT molecular complexity index is 1920. The van der Waals surface area contributed by atoms with E-state index in [4.69, 9.17) is 4.74 Å². The fraction of sp³-hybridized carbons (Fsp3) is 0.545. The molecule has 46 heavy (non-hydrogen) atoms. The number of carbonyl (C=O) groups is 1. The number of nitrogens with one attached hydrogen (secondary N) is 1. The van der Waals surface area contributed by atoms with Gasteiger partial charge in [0.2, 0.25) is 10.0 Å². The number of aromatic nitrogens is 1. The second-order valence-electron chi connectivity index (χ2n) is 13.6. The fourth-order valence-electron chi connectivity index (χ4n) is 7.99. The van der Waals surface area contributed by atoms with E-state index >= 15 is 0 Å². The Morgan fingerprint density at radius 1 is 0.978 bits per heavy atom. The summed E-state index contributed by atoms with van der Waals surface area (Å²) in [7, 11) is -1.36. The molecule has 2 atom stereocenters. The van der Waals surface area contributed by atoms with E-state index in [9.17, 15) is 21.6 Å². The highest BCUT2D eigenvalue weighted by atomic mass is 32.2. The maximum Gasteiger partial charge on any atom is 0.303 e. The van der Waals surface area contributed by atoms with Crippen LogP contribution in [-0.4, -0.2) is 100.0 Å². The van der Waals surface area contributed by atoms with E-state index in [1.807, 2.05) is 25.2 Å². The molecule has 13 heteroatoms. The van der Waals surface area contributed by atoms with E-state index in [0.717, 1.165) is 57.7 Å². The highest BCUT2D eigenvalue weighted by molar-refractivity contribution is 7.91. The molecule has 0 bridgehead atoms. The lowest BCUT2D eigenvalue weighted by Crippen LogP contribution is -2.51. The number of sulfonamides is 1. The molecule has 2 saturated carbocycles. The van der Waals surface area contributed by atoms with Crippen LogP contribution >= 0.6 is 0 Å². The van der Waals surface area contributed by atoms with Crippen LogP contribution in [-0.2, 0) is 26.8 Å². The molecule has 0 radical (unpaired) electrons. The zero-order chi connectivity index (χ0) is 32.6. The second kappa shape index (κ2) is 11.3. The highest BCUT2D eigenvalue weighted by Crippen LogP contribution is 2.64. The Morgan fingerprint density at radius 2 is 1.70 bits per heavy atom. The smallest absolute Gasteiger partial charge is 0.303 e. The molecular formula is C33H43N5O6S2. The topological polar surface area (TPSA) is 121 Å². The van der Waals surface area contributed by atoms with Crippen LogP contribution < -0.4 is 9.46 Å². The summed E-state index contributed by atoms with van der Waals surface area (Å²) in [6.07, 6.45) is 6.02. The average molecular weight is 670 g/mol. The molecule has 2 aromatic carbocycles. The number of ether oxygens (including phenoxy) is 1. The molecule has 2 aliphatic carbocycles. The van der Waals surface area contributed by atoms with Crippen LogP contribution in [0.15, 0.2) is 36.4 Å². The first kappa shape index (κ1) is 31.6. The van der Waals surface area contributed by atoms with Gasteiger partial charge in [0, 0.05) is 74.8 Å². The molecule has 2 unspecified atom stereocenters. The molecule has 1 N–H and O–H groups in total. The van der Waals surface area contributed by atoms with Gasteiger partial charge in [-0.3, -0.25) is 4.79 Å². The van der Waals surface area contributed by atoms with Gasteiger partial charge in [-0.2, -0.15) is 17.0 Å². The summed E-state index contributed by atoms with van der Waals surface area (Å²) in [4.78, 5) is 15.5. The number of fused-ring (bicyclic) bond motifs is 7. The zero-order valence-electron chi connectivity index (χ0n) is 27.0. The molecule has 1 aromatic heterocycles. The van der Waals surface area contributed by atoms with E-state index in [1.165, 1.54) is 26.1 Å². The summed E-state index contributed by atoms with van der Waals surface area (Å²) < 4.78 is 66.0. The van der Waals surface area contributed by atoms with Gasteiger partial charge in [0.25, 0.3) is 5.91 Å². The Hall–Kier alpha value is -2.97. The van der Waals surface area contributed by atoms with Gasteiger partial charge >= 0.3 is 10.2 Å². The molecule has 7 rings (SSSR count). The monoisotopic (exact) mass is 669 g/mol. The molecule has 3 fully saturated rings. The number of methoxy groups -OCH3 is 1. The number of carbonyl (C=O) groups excluding carboxylic acids is 1. The van der Waals surface area contributed by atoms with Crippen molar-refractivity contribution in [1.82, 2.24) is 22.8 Å². The van der Waals surface area contributed by atoms with Crippen LogP contribution in [0.1, 0.15) is 71.8 Å². The van der Waals surface area contributed by atoms with Gasteiger partial charge in [0.05, 0.1) is 12.8 Å². The summed E-state index contributed by atoms with van der Waals surface area (Å²) >= 11 is 0. The number of rotatable bonds is 7. The standard InChI is InChI=1S/C33H43N5O6S2/c1-35(2)46(42,43)34-32(39)23-10-12-26-29(18-23)38-21-33(45(40,41)37-16-14-36(3)15-17-37)20-28(33)27-19-24(44-4)11-13-25(27)31(38)30(26)22-8-6-5-7-9-22/h10-13,18-19,22,28H,5-9,14-17,20-21H2,1-4H3,(H,34,39). The minimum Gasteiger partial charge on any atom is -0.497 e. The van der Waals surface area contributed by atoms with Crippen LogP contribution in [0.4, 0.5) is 0 Å². The lowest BCUT2D eigenvalue weighted by atomic mass is 9.81. The number of amides is 1. The Labute approximate surface area is 271 Å². The quantitative estimate of drug-likeness (QED) is 0.407. The number of hydrogen-bond donors (Lipinski definition) is 1. The van der Waals surface area contributed by atoms with Crippen molar-refractivity contribution < 1.29 is 26.4 Å². The third-order valence-electron chi connectivity index (χ3n) is 10.7. The third kappa shape index (κ3) is 4.97. The van der Waals surface area contributed by atoms with Crippen molar-refractivity contribution in [2.75, 3.05) is 54.4 Å². The first-order valence-electron chi connectivity index (χ1n) is 16.2. The van der Waals surface area contributed by atoms with Crippen LogP contribution in [0, 0.1) is 0 Å². The first-order chi connectivity index (χ1) is 21.9. The number of nitrogens with zero attached hydrogens (tertiary/aromatic N) is 4. The lowest BCUT2D eigenvalue weighted by molar-refractivity contribution is 0.0979. The SMILES string of the molecule is COc1ccc2c(c1)C1CC1(S(=O)(=O)N1CCN(C)CC1)Cn1c-2c(C2CCCCC2)c2ccc(C(=O)NS(=O)(=O)N(C)C)cc21. The molecule has 4 aliphatic rings. The number of hydrogen-bond acceptors (Lipinski definition) is 7. The van der Waals surface area contributed by atoms with E-state index < -0.39 is 30.9 Å². The maximum absolute atomic E-state index is 14.7. The van der Waals surface area contributed by atoms with E-state index in [-0.39, 0.29) is 23.9 Å². The van der Waals surface area contributed by atoms with Crippen molar-refractivity contribution in [3.63, 3.8) is 0 Å². The summed E-state index contributed by atoms with van der Waals surface area (Å²) in [5.74, 6) is 0.0542. The van der Waals surface area contributed by atoms with Crippen molar-refractivity contribution in [3.8, 4) is 17.0 Å². The molecule has 1 saturated heterocycles. The van der Waals surface area contributed by atoms with Crippen LogP contribution in [0.5, 0.6) is 5.75 Å². The fourth-order valence-corrected chi connectivity index (χ4v) is 10.8. The van der Waals surface area contributed by atoms with Gasteiger partial charge in [0.1, 0.15) is 10.5 Å². The lowest BCUT2D eigenvalue weighted by Gasteiger charge is -2.35. The van der Waals surface area contributed by atoms with Gasteiger partial charge in [-0.15, -0.1) is 0 Å². The van der Waals surface area contributed by atoms with Crippen molar-refractivity contribution >= 4 is 37.0 Å². The van der Waals surface area contributed by atoms with Gasteiger partial charge < -0.3 is 14.2 Å². The van der Waals surface area contributed by atoms with Crippen molar-refractivity contribution in [2.24, 2.45) is 0 Å². The molecule has 1 amide bonds. The number of benzene rings is 2. The van der Waals surface area contributed by atoms with Gasteiger partial charge in [-0.1, -0.05) is 25.3 Å². The molecule has 2 aliphatic heterocycles. The van der Waals surface area contributed by atoms with Gasteiger partial charge in [-0.25, -0.2) is 13.1 Å². The molecule has 3 heterocycles. The summed E-state index contributed by atoms with van der Waals surface area (Å²) in [6, 6.07) is 11.4. The Kier molecular flexibility index (Phi) is 7.79. The Balaban J connectivity index is 1.45. The number of piperazine rings is 1. The molecule has 248 valence electrons. The maximum atomic E-state index is 14.7. The molecule has 3 aromatic rings. The Morgan fingerprint density at radius 3 is 2.37 bits per heavy atom. The molecular weight excluding hydrogens is 627 g/mol. The minimum atomic E-state index is -4.00. The zero-order valence-corrected chi connectivity index (χ0v) is 28.6. The van der Waals surface area contributed by atoms with Crippen molar-refractivity contribution in [1.29, 1.82) is 0 Å². The predicted molar refractivity (Wildman–Crippen MR) is 178 cm³/mol. The largest absolute Gasteiger partial charge is 0.497 e. The summed E-state index contributed by atoms with van der Waals surface area (Å²) in [5, 5.41) is 0.988. The van der Waals surface area contributed by atoms with E-state index in [1.54, 1.807) is 23.5 Å². The summed E-state index contributed by atoms with van der Waals surface area (Å²) in [6.45, 7) is 2.53. The molecule has 11 nitrogen and oxygen atoms in total. The molecule has 0 spiro atoms. The predicted octanol–water partition coefficient (Wildman–Crippen LogP) is 3.72. The highest BCUT2D eigenvalue weighted by Gasteiger charge is 2.67. The van der Waals surface area contributed by atoms with E-state index in [2.05, 4.69) is 20.3 Å². The number of likely N-dealkylation sites (N-methyl/N-ethyl adjacent to an activating group) is 1. The van der Waals surface area contributed by atoms with Crippen LogP contribution in [0.3, 0.4) is 0 Å².